The smallest absolute Gasteiger partial charge is 0.0705 e. The Morgan fingerprint density at radius 1 is 1.32 bits per heavy atom. The topological polar surface area (TPSA) is 60.2 Å². The zero-order valence-electron chi connectivity index (χ0n) is 11.5. The largest absolute Gasteiger partial charge is 0.385 e. The molecule has 0 radical (unpaired) electrons. The van der Waals surface area contributed by atoms with Crippen LogP contribution in [0.1, 0.15) is 30.1 Å². The number of hydrogen-bond donors (Lipinski definition) is 2. The van der Waals surface area contributed by atoms with E-state index in [1.807, 2.05) is 13.0 Å². The normalized spacial score (nSPS) is 12.8. The number of hydrogen-bond acceptors (Lipinski definition) is 4. The predicted octanol–water partition coefficient (Wildman–Crippen LogP) is 2.47. The van der Waals surface area contributed by atoms with Crippen LogP contribution in [0.2, 0.25) is 0 Å². The second-order valence-electron chi connectivity index (χ2n) is 4.76. The number of aryl methyl sites for hydroxylation is 1. The van der Waals surface area contributed by atoms with Gasteiger partial charge in [0.25, 0.3) is 0 Å². The number of nitrogens with one attached hydrogen (secondary N) is 1. The number of benzene rings is 1. The average Bonchev–Trinajstić information content (AvgIpc) is 2.43. The van der Waals surface area contributed by atoms with E-state index in [1.165, 1.54) is 5.56 Å². The molecule has 0 saturated carbocycles. The Labute approximate surface area is 113 Å². The molecule has 4 heteroatoms. The highest BCUT2D eigenvalue weighted by atomic mass is 16.5. The van der Waals surface area contributed by atoms with E-state index in [9.17, 15) is 0 Å². The highest BCUT2D eigenvalue weighted by Crippen LogP contribution is 2.22. The third kappa shape index (κ3) is 3.50. The third-order valence-corrected chi connectivity index (χ3v) is 3.30. The molecule has 19 heavy (non-hydrogen) atoms. The minimum atomic E-state index is 0.154. The van der Waals surface area contributed by atoms with Gasteiger partial charge in [-0.25, -0.2) is 0 Å². The van der Waals surface area contributed by atoms with Gasteiger partial charge in [0, 0.05) is 30.8 Å². The Hall–Kier alpha value is -1.49. The van der Waals surface area contributed by atoms with Crippen LogP contribution in [0.25, 0.3) is 10.9 Å². The third-order valence-electron chi connectivity index (χ3n) is 3.30. The van der Waals surface area contributed by atoms with Gasteiger partial charge < -0.3 is 4.74 Å². The van der Waals surface area contributed by atoms with E-state index in [1.54, 1.807) is 7.11 Å². The number of hydrazine groups is 1. The standard InChI is InChI=1S/C15H21N3O/c1-11-5-6-12-10-13(7-8-14(12)17-11)15(18-16)4-3-9-19-2/h5-8,10,15,18H,3-4,9,16H2,1-2H3. The maximum Gasteiger partial charge on any atom is 0.0705 e. The fourth-order valence-electron chi connectivity index (χ4n) is 2.24. The van der Waals surface area contributed by atoms with E-state index >= 15 is 0 Å². The van der Waals surface area contributed by atoms with Gasteiger partial charge in [-0.15, -0.1) is 0 Å². The molecule has 0 aliphatic heterocycles. The highest BCUT2D eigenvalue weighted by Gasteiger charge is 2.10. The van der Waals surface area contributed by atoms with Crippen molar-refractivity contribution in [1.82, 2.24) is 10.4 Å². The van der Waals surface area contributed by atoms with Crippen molar-refractivity contribution < 1.29 is 4.74 Å². The SMILES string of the molecule is COCCCC(NN)c1ccc2nc(C)ccc2c1. The second kappa shape index (κ2) is 6.61. The maximum absolute atomic E-state index is 5.65. The molecule has 0 fully saturated rings. The molecule has 102 valence electrons. The zero-order valence-corrected chi connectivity index (χ0v) is 11.5. The molecule has 2 aromatic rings. The minimum absolute atomic E-state index is 0.154. The monoisotopic (exact) mass is 259 g/mol. The summed E-state index contributed by atoms with van der Waals surface area (Å²) in [6.07, 6.45) is 1.94. The number of aromatic nitrogens is 1. The van der Waals surface area contributed by atoms with Crippen molar-refractivity contribution in [1.29, 1.82) is 0 Å². The summed E-state index contributed by atoms with van der Waals surface area (Å²) in [4.78, 5) is 4.51. The van der Waals surface area contributed by atoms with Crippen molar-refractivity contribution in [3.8, 4) is 0 Å². The fourth-order valence-corrected chi connectivity index (χ4v) is 2.24. The maximum atomic E-state index is 5.65. The van der Waals surface area contributed by atoms with Gasteiger partial charge in [-0.2, -0.15) is 0 Å². The molecular formula is C15H21N3O. The van der Waals surface area contributed by atoms with E-state index in [4.69, 9.17) is 10.6 Å². The van der Waals surface area contributed by atoms with Crippen LogP contribution >= 0.6 is 0 Å². The highest BCUT2D eigenvalue weighted by molar-refractivity contribution is 5.79. The number of rotatable bonds is 6. The number of ether oxygens (including phenoxy) is 1. The molecule has 0 aliphatic carbocycles. The summed E-state index contributed by atoms with van der Waals surface area (Å²) in [7, 11) is 1.72. The van der Waals surface area contributed by atoms with E-state index in [0.717, 1.165) is 36.0 Å². The summed E-state index contributed by atoms with van der Waals surface area (Å²) in [5.41, 5.74) is 6.13. The van der Waals surface area contributed by atoms with Gasteiger partial charge in [-0.05, 0) is 43.5 Å². The van der Waals surface area contributed by atoms with Crippen molar-refractivity contribution in [3.63, 3.8) is 0 Å². The Morgan fingerprint density at radius 3 is 2.89 bits per heavy atom. The van der Waals surface area contributed by atoms with Crippen LogP contribution in [0.3, 0.4) is 0 Å². The summed E-state index contributed by atoms with van der Waals surface area (Å²) in [5.74, 6) is 5.65. The van der Waals surface area contributed by atoms with E-state index in [0.29, 0.717) is 0 Å². The first-order chi connectivity index (χ1) is 9.24. The van der Waals surface area contributed by atoms with Crippen molar-refractivity contribution in [2.24, 2.45) is 5.84 Å². The molecule has 0 spiro atoms. The number of fused-ring (bicyclic) bond motifs is 1. The molecule has 0 bridgehead atoms. The molecule has 0 amide bonds. The van der Waals surface area contributed by atoms with Gasteiger partial charge in [0.15, 0.2) is 0 Å². The van der Waals surface area contributed by atoms with Crippen LogP contribution in [0.4, 0.5) is 0 Å². The molecule has 1 atom stereocenters. The van der Waals surface area contributed by atoms with Crippen LogP contribution in [-0.4, -0.2) is 18.7 Å². The molecule has 3 N–H and O–H groups in total. The fraction of sp³-hybridized carbons (Fsp3) is 0.400. The lowest BCUT2D eigenvalue weighted by Crippen LogP contribution is -2.28. The summed E-state index contributed by atoms with van der Waals surface area (Å²) in [6.45, 7) is 2.76. The molecule has 1 aromatic heterocycles. The van der Waals surface area contributed by atoms with Gasteiger partial charge in [0.1, 0.15) is 0 Å². The van der Waals surface area contributed by atoms with Gasteiger partial charge >= 0.3 is 0 Å². The summed E-state index contributed by atoms with van der Waals surface area (Å²) >= 11 is 0. The van der Waals surface area contributed by atoms with Gasteiger partial charge in [0.05, 0.1) is 5.52 Å². The molecule has 2 rings (SSSR count). The van der Waals surface area contributed by atoms with Crippen LogP contribution in [0.15, 0.2) is 30.3 Å². The minimum Gasteiger partial charge on any atom is -0.385 e. The van der Waals surface area contributed by atoms with Gasteiger partial charge in [0.2, 0.25) is 0 Å². The van der Waals surface area contributed by atoms with Crippen molar-refractivity contribution in [2.45, 2.75) is 25.8 Å². The number of pyridine rings is 1. The zero-order chi connectivity index (χ0) is 13.7. The Morgan fingerprint density at radius 2 is 2.16 bits per heavy atom. The first-order valence-corrected chi connectivity index (χ1v) is 6.57. The van der Waals surface area contributed by atoms with Crippen molar-refractivity contribution >= 4 is 10.9 Å². The molecule has 4 nitrogen and oxygen atoms in total. The second-order valence-corrected chi connectivity index (χ2v) is 4.76. The van der Waals surface area contributed by atoms with Gasteiger partial charge in [-0.1, -0.05) is 12.1 Å². The first-order valence-electron chi connectivity index (χ1n) is 6.57. The summed E-state index contributed by atoms with van der Waals surface area (Å²) in [5, 5.41) is 1.15. The van der Waals surface area contributed by atoms with Crippen LogP contribution in [0.5, 0.6) is 0 Å². The van der Waals surface area contributed by atoms with Crippen molar-refractivity contribution in [2.75, 3.05) is 13.7 Å². The van der Waals surface area contributed by atoms with E-state index in [-0.39, 0.29) is 6.04 Å². The van der Waals surface area contributed by atoms with Crippen LogP contribution < -0.4 is 11.3 Å². The van der Waals surface area contributed by atoms with Crippen LogP contribution in [0, 0.1) is 6.92 Å². The first kappa shape index (κ1) is 13.9. The average molecular weight is 259 g/mol. The Bertz CT molecular complexity index is 542. The van der Waals surface area contributed by atoms with Crippen molar-refractivity contribution in [3.05, 3.63) is 41.6 Å². The van der Waals surface area contributed by atoms with E-state index < -0.39 is 0 Å². The summed E-state index contributed by atoms with van der Waals surface area (Å²) in [6, 6.07) is 10.6. The number of nitrogens with two attached hydrogens (primary N) is 1. The summed E-state index contributed by atoms with van der Waals surface area (Å²) < 4.78 is 5.08. The predicted molar refractivity (Wildman–Crippen MR) is 77.7 cm³/mol. The van der Waals surface area contributed by atoms with E-state index in [2.05, 4.69) is 34.7 Å². The Kier molecular flexibility index (Phi) is 4.85. The lowest BCUT2D eigenvalue weighted by molar-refractivity contribution is 0.189. The molecule has 0 aliphatic rings. The quantitative estimate of drug-likeness (QED) is 0.475. The number of nitrogens with zero attached hydrogens (tertiary/aromatic N) is 1. The van der Waals surface area contributed by atoms with Crippen LogP contribution in [-0.2, 0) is 4.74 Å². The lowest BCUT2D eigenvalue weighted by Gasteiger charge is -2.16. The molecule has 1 unspecified atom stereocenters. The Balaban J connectivity index is 2.20. The van der Waals surface area contributed by atoms with Gasteiger partial charge in [-0.3, -0.25) is 16.3 Å². The lowest BCUT2D eigenvalue weighted by atomic mass is 10.0. The molecular weight excluding hydrogens is 238 g/mol. The molecule has 1 heterocycles. The molecule has 1 aromatic carbocycles. The number of methoxy groups -OCH3 is 1. The molecule has 0 saturated heterocycles.